The molecule has 24 heavy (non-hydrogen) atoms. The lowest BCUT2D eigenvalue weighted by Crippen LogP contribution is -2.27. The third-order valence-electron chi connectivity index (χ3n) is 3.88. The molecule has 1 heterocycles. The zero-order valence-corrected chi connectivity index (χ0v) is 14.8. The number of carboxylic acid groups (broad SMARTS) is 1. The number of amidine groups is 1. The van der Waals surface area contributed by atoms with Crippen LogP contribution >= 0.6 is 24.8 Å². The van der Waals surface area contributed by atoms with Crippen molar-refractivity contribution in [3.63, 3.8) is 0 Å². The highest BCUT2D eigenvalue weighted by atomic mass is 35.5. The minimum atomic E-state index is -0.758. The maximum Gasteiger partial charge on any atom is 0.307 e. The van der Waals surface area contributed by atoms with Crippen LogP contribution in [0.15, 0.2) is 29.3 Å². The number of hydrogen-bond acceptors (Lipinski definition) is 4. The number of hydrogen-bond donors (Lipinski definition) is 3. The number of aliphatic imine (C=N–C) groups is 1. The topological polar surface area (TPSA) is 112 Å². The Morgan fingerprint density at radius 3 is 2.83 bits per heavy atom. The van der Waals surface area contributed by atoms with Gasteiger partial charge in [0.05, 0.1) is 24.1 Å². The predicted molar refractivity (Wildman–Crippen MR) is 98.3 cm³/mol. The van der Waals surface area contributed by atoms with E-state index >= 15 is 0 Å². The van der Waals surface area contributed by atoms with Gasteiger partial charge in [0.2, 0.25) is 0 Å². The molecular formula is C16H22Cl2N4O2. The third-order valence-corrected chi connectivity index (χ3v) is 3.88. The van der Waals surface area contributed by atoms with E-state index < -0.39 is 11.9 Å². The molecular weight excluding hydrogens is 351 g/mol. The molecule has 0 aliphatic carbocycles. The number of nitrogens with two attached hydrogens (primary N) is 1. The first-order chi connectivity index (χ1) is 10.6. The second-order valence-corrected chi connectivity index (χ2v) is 5.51. The average molecular weight is 373 g/mol. The fourth-order valence-electron chi connectivity index (χ4n) is 2.77. The quantitative estimate of drug-likeness (QED) is 0.523. The number of carboxylic acids is 1. The standard InChI is InChI=1S/C16H20N4O2.2ClH/c17-6-4-15(18)20-13-3-1-2-11(8-13)9-14(16(21)22)12-5-7-19-10-12;;/h1-3,8,12,14,19H,4-5,7,9-10H2,(H2,18,20)(H,21,22);2*1H/t12-,14-;;/m0../s1. The van der Waals surface area contributed by atoms with E-state index in [2.05, 4.69) is 10.3 Å². The summed E-state index contributed by atoms with van der Waals surface area (Å²) in [6.45, 7) is 1.63. The number of carbonyl (C=O) groups is 1. The maximum absolute atomic E-state index is 11.5. The zero-order chi connectivity index (χ0) is 15.9. The maximum atomic E-state index is 11.5. The fourth-order valence-corrected chi connectivity index (χ4v) is 2.77. The summed E-state index contributed by atoms with van der Waals surface area (Å²) in [6.07, 6.45) is 1.45. The van der Waals surface area contributed by atoms with E-state index in [9.17, 15) is 9.90 Å². The van der Waals surface area contributed by atoms with Crippen LogP contribution in [0.25, 0.3) is 0 Å². The van der Waals surface area contributed by atoms with Crippen molar-refractivity contribution in [1.82, 2.24) is 5.32 Å². The lowest BCUT2D eigenvalue weighted by atomic mass is 9.86. The molecule has 132 valence electrons. The number of nitrogens with one attached hydrogen (secondary N) is 1. The van der Waals surface area contributed by atoms with E-state index in [0.717, 1.165) is 25.1 Å². The van der Waals surface area contributed by atoms with Crippen LogP contribution in [0.4, 0.5) is 5.69 Å². The SMILES string of the molecule is Cl.Cl.N#CCC(N)=Nc1cccc(C[C@H](C(=O)O)[C@H]2CCNC2)c1. The zero-order valence-electron chi connectivity index (χ0n) is 13.1. The molecule has 1 aromatic carbocycles. The molecule has 0 spiro atoms. The molecule has 0 aromatic heterocycles. The van der Waals surface area contributed by atoms with Crippen molar-refractivity contribution in [2.75, 3.05) is 13.1 Å². The molecule has 2 rings (SSSR count). The van der Waals surface area contributed by atoms with Gasteiger partial charge in [-0.1, -0.05) is 12.1 Å². The Hall–Kier alpha value is -1.81. The second-order valence-electron chi connectivity index (χ2n) is 5.51. The summed E-state index contributed by atoms with van der Waals surface area (Å²) in [5.41, 5.74) is 7.21. The number of aliphatic carboxylic acids is 1. The molecule has 2 atom stereocenters. The Balaban J connectivity index is 0.00000264. The monoisotopic (exact) mass is 372 g/mol. The van der Waals surface area contributed by atoms with Crippen LogP contribution in [0.2, 0.25) is 0 Å². The van der Waals surface area contributed by atoms with Gasteiger partial charge in [0.15, 0.2) is 0 Å². The van der Waals surface area contributed by atoms with Crippen molar-refractivity contribution in [2.45, 2.75) is 19.3 Å². The summed E-state index contributed by atoms with van der Waals surface area (Å²) in [6, 6.07) is 9.31. The molecule has 0 unspecified atom stereocenters. The Bertz CT molecular complexity index is 610. The number of rotatable bonds is 6. The summed E-state index contributed by atoms with van der Waals surface area (Å²) in [5, 5.41) is 21.3. The Morgan fingerprint density at radius 2 is 2.25 bits per heavy atom. The van der Waals surface area contributed by atoms with E-state index in [1.807, 2.05) is 24.3 Å². The fraction of sp³-hybridized carbons (Fsp3) is 0.438. The largest absolute Gasteiger partial charge is 0.481 e. The highest BCUT2D eigenvalue weighted by Gasteiger charge is 2.30. The molecule has 0 radical (unpaired) electrons. The van der Waals surface area contributed by atoms with Crippen molar-refractivity contribution < 1.29 is 9.90 Å². The van der Waals surface area contributed by atoms with Gasteiger partial charge in [-0.2, -0.15) is 5.26 Å². The summed E-state index contributed by atoms with van der Waals surface area (Å²) in [5.74, 6) is -0.736. The first-order valence-electron chi connectivity index (χ1n) is 7.32. The van der Waals surface area contributed by atoms with Crippen LogP contribution in [0, 0.1) is 23.2 Å². The van der Waals surface area contributed by atoms with E-state index in [4.69, 9.17) is 11.0 Å². The van der Waals surface area contributed by atoms with Crippen LogP contribution < -0.4 is 11.1 Å². The van der Waals surface area contributed by atoms with Gasteiger partial charge in [-0.15, -0.1) is 24.8 Å². The van der Waals surface area contributed by atoms with E-state index in [1.165, 1.54) is 0 Å². The molecule has 0 bridgehead atoms. The Kier molecular flexibility index (Phi) is 10.0. The minimum Gasteiger partial charge on any atom is -0.481 e. The van der Waals surface area contributed by atoms with Gasteiger partial charge >= 0.3 is 5.97 Å². The molecule has 8 heteroatoms. The van der Waals surface area contributed by atoms with Crippen LogP contribution in [0.1, 0.15) is 18.4 Å². The molecule has 1 saturated heterocycles. The lowest BCUT2D eigenvalue weighted by Gasteiger charge is -2.18. The van der Waals surface area contributed by atoms with Crippen molar-refractivity contribution in [2.24, 2.45) is 22.6 Å². The van der Waals surface area contributed by atoms with E-state index in [-0.39, 0.29) is 43.0 Å². The lowest BCUT2D eigenvalue weighted by molar-refractivity contribution is -0.143. The highest BCUT2D eigenvalue weighted by Crippen LogP contribution is 2.25. The van der Waals surface area contributed by atoms with Crippen molar-refractivity contribution >= 4 is 42.3 Å². The normalized spacial score (nSPS) is 18.0. The van der Waals surface area contributed by atoms with Gasteiger partial charge in [-0.3, -0.25) is 4.79 Å². The van der Waals surface area contributed by atoms with Crippen LogP contribution in [0.3, 0.4) is 0 Å². The summed E-state index contributed by atoms with van der Waals surface area (Å²) in [7, 11) is 0. The smallest absolute Gasteiger partial charge is 0.307 e. The molecule has 1 aliphatic heterocycles. The van der Waals surface area contributed by atoms with Gasteiger partial charge in [0, 0.05) is 0 Å². The molecule has 0 amide bonds. The van der Waals surface area contributed by atoms with Crippen molar-refractivity contribution in [3.05, 3.63) is 29.8 Å². The van der Waals surface area contributed by atoms with Gasteiger partial charge in [0.25, 0.3) is 0 Å². The van der Waals surface area contributed by atoms with Crippen LogP contribution in [0.5, 0.6) is 0 Å². The molecule has 6 nitrogen and oxygen atoms in total. The van der Waals surface area contributed by atoms with Gasteiger partial charge in [0.1, 0.15) is 5.84 Å². The highest BCUT2D eigenvalue weighted by molar-refractivity contribution is 5.86. The molecule has 1 fully saturated rings. The van der Waals surface area contributed by atoms with Crippen LogP contribution in [-0.2, 0) is 11.2 Å². The predicted octanol–water partition coefficient (Wildman–Crippen LogP) is 2.29. The second kappa shape index (κ2) is 10.9. The van der Waals surface area contributed by atoms with Crippen molar-refractivity contribution in [3.8, 4) is 6.07 Å². The van der Waals surface area contributed by atoms with E-state index in [0.29, 0.717) is 12.1 Å². The minimum absolute atomic E-state index is 0. The Labute approximate surface area is 154 Å². The van der Waals surface area contributed by atoms with Gasteiger partial charge in [-0.05, 0) is 49.5 Å². The number of nitriles is 1. The molecule has 4 N–H and O–H groups in total. The first kappa shape index (κ1) is 22.2. The molecule has 1 aromatic rings. The van der Waals surface area contributed by atoms with Gasteiger partial charge < -0.3 is 16.2 Å². The first-order valence-corrected chi connectivity index (χ1v) is 7.32. The number of nitrogens with zero attached hydrogens (tertiary/aromatic N) is 2. The number of benzene rings is 1. The van der Waals surface area contributed by atoms with Gasteiger partial charge in [-0.25, -0.2) is 4.99 Å². The number of halogens is 2. The molecule has 0 saturated carbocycles. The third kappa shape index (κ3) is 6.36. The molecule has 1 aliphatic rings. The summed E-state index contributed by atoms with van der Waals surface area (Å²) in [4.78, 5) is 15.7. The summed E-state index contributed by atoms with van der Waals surface area (Å²) < 4.78 is 0. The summed E-state index contributed by atoms with van der Waals surface area (Å²) >= 11 is 0. The Morgan fingerprint density at radius 1 is 1.50 bits per heavy atom. The van der Waals surface area contributed by atoms with Crippen LogP contribution in [-0.4, -0.2) is 30.0 Å². The van der Waals surface area contributed by atoms with Crippen molar-refractivity contribution in [1.29, 1.82) is 5.26 Å². The van der Waals surface area contributed by atoms with E-state index in [1.54, 1.807) is 6.07 Å². The average Bonchev–Trinajstić information content (AvgIpc) is 2.99.